The minimum Gasteiger partial charge on any atom is -0.497 e. The predicted octanol–water partition coefficient (Wildman–Crippen LogP) is 6.35. The van der Waals surface area contributed by atoms with Crippen molar-refractivity contribution in [2.24, 2.45) is 0 Å². The van der Waals surface area contributed by atoms with E-state index in [1.807, 2.05) is 60.7 Å². The van der Waals surface area contributed by atoms with Crippen LogP contribution >= 0.6 is 0 Å². The maximum absolute atomic E-state index is 14.8. The van der Waals surface area contributed by atoms with Gasteiger partial charge in [0.25, 0.3) is 11.8 Å². The highest BCUT2D eigenvalue weighted by Crippen LogP contribution is 2.41. The van der Waals surface area contributed by atoms with Crippen LogP contribution in [0.1, 0.15) is 65.7 Å². The van der Waals surface area contributed by atoms with Gasteiger partial charge in [-0.05, 0) is 60.7 Å². The molecular formula is C34H37N3O3. The standard InChI is InChI=1S/C34H37N3O3/c1-24-17-18-26-21-31-32(38)37(22-25-11-10-16-29(20-25)40-2)34(23-36(31)30(26)19-24,27-12-6-5-7-13-27)33(39)35-28-14-8-3-4-9-15-28/h5-7,10-13,16-21,28H,3-4,8-9,14-15,22-23H2,1-2H3,(H,35,39). The van der Waals surface area contributed by atoms with Crippen molar-refractivity contribution in [2.45, 2.75) is 70.1 Å². The third-order valence-corrected chi connectivity index (χ3v) is 8.66. The quantitative estimate of drug-likeness (QED) is 0.293. The van der Waals surface area contributed by atoms with E-state index in [0.717, 1.165) is 59.0 Å². The molecule has 0 bridgehead atoms. The number of nitrogens with zero attached hydrogens (tertiary/aromatic N) is 2. The van der Waals surface area contributed by atoms with Gasteiger partial charge in [0.15, 0.2) is 5.54 Å². The van der Waals surface area contributed by atoms with E-state index in [1.165, 1.54) is 12.8 Å². The molecule has 40 heavy (non-hydrogen) atoms. The number of aryl methyl sites for hydroxylation is 1. The molecule has 3 aromatic carbocycles. The Balaban J connectivity index is 1.54. The van der Waals surface area contributed by atoms with Gasteiger partial charge < -0.3 is 19.5 Å². The molecular weight excluding hydrogens is 498 g/mol. The molecule has 2 aliphatic rings. The zero-order valence-corrected chi connectivity index (χ0v) is 23.4. The summed E-state index contributed by atoms with van der Waals surface area (Å²) in [6, 6.07) is 25.9. The topological polar surface area (TPSA) is 63.6 Å². The number of hydrogen-bond donors (Lipinski definition) is 1. The minimum atomic E-state index is -1.23. The molecule has 1 unspecified atom stereocenters. The van der Waals surface area contributed by atoms with Crippen molar-refractivity contribution in [1.29, 1.82) is 0 Å². The van der Waals surface area contributed by atoms with E-state index in [1.54, 1.807) is 12.0 Å². The molecule has 6 rings (SSSR count). The van der Waals surface area contributed by atoms with Crippen molar-refractivity contribution < 1.29 is 14.3 Å². The number of amides is 2. The summed E-state index contributed by atoms with van der Waals surface area (Å²) in [5.41, 5.74) is 3.21. The number of benzene rings is 3. The molecule has 1 aliphatic carbocycles. The number of hydrogen-bond acceptors (Lipinski definition) is 3. The van der Waals surface area contributed by atoms with E-state index in [2.05, 4.69) is 35.0 Å². The summed E-state index contributed by atoms with van der Waals surface area (Å²) in [4.78, 5) is 31.1. The monoisotopic (exact) mass is 535 g/mol. The van der Waals surface area contributed by atoms with Crippen LogP contribution in [0.5, 0.6) is 5.75 Å². The molecule has 0 spiro atoms. The predicted molar refractivity (Wildman–Crippen MR) is 157 cm³/mol. The number of methoxy groups -OCH3 is 1. The SMILES string of the molecule is COc1cccc(CN2C(=O)c3cc4ccc(C)cc4n3CC2(C(=O)NC2CCCCCC2)c2ccccc2)c1. The van der Waals surface area contributed by atoms with Gasteiger partial charge in [-0.15, -0.1) is 0 Å². The van der Waals surface area contributed by atoms with Gasteiger partial charge in [-0.2, -0.15) is 0 Å². The van der Waals surface area contributed by atoms with Crippen molar-refractivity contribution in [3.63, 3.8) is 0 Å². The van der Waals surface area contributed by atoms with Crippen LogP contribution in [0.3, 0.4) is 0 Å². The second-order valence-electron chi connectivity index (χ2n) is 11.3. The summed E-state index contributed by atoms with van der Waals surface area (Å²) in [6.45, 7) is 2.68. The van der Waals surface area contributed by atoms with Gasteiger partial charge in [0.2, 0.25) is 0 Å². The Labute approximate surface area is 235 Å². The smallest absolute Gasteiger partial charge is 0.272 e. The first kappa shape index (κ1) is 26.2. The summed E-state index contributed by atoms with van der Waals surface area (Å²) in [5.74, 6) is 0.463. The fraction of sp³-hybridized carbons (Fsp3) is 0.353. The Morgan fingerprint density at radius 2 is 1.73 bits per heavy atom. The van der Waals surface area contributed by atoms with Crippen molar-refractivity contribution in [2.75, 3.05) is 7.11 Å². The molecule has 6 nitrogen and oxygen atoms in total. The first-order valence-corrected chi connectivity index (χ1v) is 14.4. The van der Waals surface area contributed by atoms with Gasteiger partial charge in [-0.25, -0.2) is 0 Å². The molecule has 206 valence electrons. The second-order valence-corrected chi connectivity index (χ2v) is 11.3. The molecule has 1 aliphatic heterocycles. The van der Waals surface area contributed by atoms with E-state index in [9.17, 15) is 9.59 Å². The number of nitrogens with one attached hydrogen (secondary N) is 1. The minimum absolute atomic E-state index is 0.106. The molecule has 1 N–H and O–H groups in total. The molecule has 0 saturated heterocycles. The van der Waals surface area contributed by atoms with Gasteiger partial charge in [-0.3, -0.25) is 9.59 Å². The number of fused-ring (bicyclic) bond motifs is 3. The van der Waals surface area contributed by atoms with Gasteiger partial charge in [-0.1, -0.05) is 80.3 Å². The summed E-state index contributed by atoms with van der Waals surface area (Å²) in [7, 11) is 1.64. The summed E-state index contributed by atoms with van der Waals surface area (Å²) in [5, 5.41) is 4.44. The Morgan fingerprint density at radius 3 is 2.48 bits per heavy atom. The van der Waals surface area contributed by atoms with E-state index in [0.29, 0.717) is 12.2 Å². The first-order valence-electron chi connectivity index (χ1n) is 14.4. The fourth-order valence-corrected chi connectivity index (χ4v) is 6.51. The van der Waals surface area contributed by atoms with E-state index >= 15 is 0 Å². The summed E-state index contributed by atoms with van der Waals surface area (Å²) >= 11 is 0. The fourth-order valence-electron chi connectivity index (χ4n) is 6.51. The molecule has 4 aromatic rings. The third kappa shape index (κ3) is 4.66. The second kappa shape index (κ2) is 10.8. The zero-order valence-electron chi connectivity index (χ0n) is 23.4. The average molecular weight is 536 g/mol. The molecule has 1 saturated carbocycles. The van der Waals surface area contributed by atoms with Gasteiger partial charge >= 0.3 is 0 Å². The van der Waals surface area contributed by atoms with E-state index in [4.69, 9.17) is 4.74 Å². The Morgan fingerprint density at radius 1 is 0.950 bits per heavy atom. The summed E-state index contributed by atoms with van der Waals surface area (Å²) < 4.78 is 7.55. The van der Waals surface area contributed by atoms with Crippen LogP contribution in [0.15, 0.2) is 78.9 Å². The van der Waals surface area contributed by atoms with Crippen LogP contribution in [-0.4, -0.2) is 34.4 Å². The Bertz CT molecular complexity index is 1530. The Kier molecular flexibility index (Phi) is 7.09. The van der Waals surface area contributed by atoms with Gasteiger partial charge in [0, 0.05) is 23.5 Å². The molecule has 6 heteroatoms. The molecule has 2 heterocycles. The van der Waals surface area contributed by atoms with Crippen LogP contribution in [0, 0.1) is 6.92 Å². The molecule has 2 amide bonds. The number of rotatable bonds is 6. The molecule has 1 fully saturated rings. The lowest BCUT2D eigenvalue weighted by Crippen LogP contribution is -2.63. The van der Waals surface area contributed by atoms with Crippen LogP contribution in [-0.2, 0) is 23.4 Å². The zero-order chi connectivity index (χ0) is 27.7. The average Bonchev–Trinajstić information content (AvgIpc) is 3.13. The third-order valence-electron chi connectivity index (χ3n) is 8.66. The van der Waals surface area contributed by atoms with Crippen LogP contribution in [0.4, 0.5) is 0 Å². The van der Waals surface area contributed by atoms with Gasteiger partial charge in [0.05, 0.1) is 13.7 Å². The maximum atomic E-state index is 14.8. The molecule has 0 radical (unpaired) electrons. The van der Waals surface area contributed by atoms with E-state index < -0.39 is 5.54 Å². The summed E-state index contributed by atoms with van der Waals surface area (Å²) in [6.07, 6.45) is 6.57. The lowest BCUT2D eigenvalue weighted by atomic mass is 9.83. The van der Waals surface area contributed by atoms with Crippen LogP contribution < -0.4 is 10.1 Å². The highest BCUT2D eigenvalue weighted by atomic mass is 16.5. The van der Waals surface area contributed by atoms with Crippen LogP contribution in [0.25, 0.3) is 10.9 Å². The number of ether oxygens (including phenoxy) is 1. The number of carbonyl (C=O) groups excluding carboxylic acids is 2. The van der Waals surface area contributed by atoms with Crippen molar-refractivity contribution in [3.8, 4) is 5.75 Å². The van der Waals surface area contributed by atoms with Crippen molar-refractivity contribution >= 4 is 22.7 Å². The first-order chi connectivity index (χ1) is 19.5. The van der Waals surface area contributed by atoms with Crippen LogP contribution in [0.2, 0.25) is 0 Å². The highest BCUT2D eigenvalue weighted by molar-refractivity contribution is 6.04. The lowest BCUT2D eigenvalue weighted by molar-refractivity contribution is -0.136. The van der Waals surface area contributed by atoms with Crippen molar-refractivity contribution in [1.82, 2.24) is 14.8 Å². The maximum Gasteiger partial charge on any atom is 0.272 e. The Hall–Kier alpha value is -4.06. The van der Waals surface area contributed by atoms with E-state index in [-0.39, 0.29) is 24.4 Å². The number of aromatic nitrogens is 1. The largest absolute Gasteiger partial charge is 0.497 e. The normalized spacial score (nSPS) is 19.8. The number of carbonyl (C=O) groups is 2. The van der Waals surface area contributed by atoms with Gasteiger partial charge in [0.1, 0.15) is 11.4 Å². The highest BCUT2D eigenvalue weighted by Gasteiger charge is 2.52. The van der Waals surface area contributed by atoms with Crippen molar-refractivity contribution in [3.05, 3.63) is 101 Å². The molecule has 1 aromatic heterocycles. The molecule has 1 atom stereocenters. The lowest BCUT2D eigenvalue weighted by Gasteiger charge is -2.47.